The Bertz CT molecular complexity index is 221. The maximum absolute atomic E-state index is 9.36. The van der Waals surface area contributed by atoms with Crippen molar-refractivity contribution in [3.63, 3.8) is 0 Å². The van der Waals surface area contributed by atoms with Gasteiger partial charge in [0.25, 0.3) is 0 Å². The number of aliphatic hydroxyl groups excluding tert-OH is 1. The van der Waals surface area contributed by atoms with E-state index in [9.17, 15) is 5.11 Å². The molecule has 88 valence electrons. The summed E-state index contributed by atoms with van der Waals surface area (Å²) in [6, 6.07) is -0.0623. The highest BCUT2D eigenvalue weighted by Crippen LogP contribution is 2.24. The lowest BCUT2D eigenvalue weighted by atomic mass is 10.1. The first-order chi connectivity index (χ1) is 7.17. The molecule has 3 atom stereocenters. The van der Waals surface area contributed by atoms with Gasteiger partial charge in [-0.05, 0) is 38.1 Å². The SMILES string of the molecule is CCC(NCC1CCC(O)C1)C(N)=NO. The number of nitrogens with one attached hydrogen (secondary N) is 1. The summed E-state index contributed by atoms with van der Waals surface area (Å²) in [5, 5.41) is 24.2. The van der Waals surface area contributed by atoms with E-state index in [2.05, 4.69) is 10.5 Å². The summed E-state index contributed by atoms with van der Waals surface area (Å²) in [5.41, 5.74) is 5.53. The van der Waals surface area contributed by atoms with Gasteiger partial charge in [-0.3, -0.25) is 0 Å². The zero-order valence-electron chi connectivity index (χ0n) is 9.19. The Kier molecular flexibility index (Phi) is 4.84. The van der Waals surface area contributed by atoms with Crippen LogP contribution in [0.1, 0.15) is 32.6 Å². The molecule has 0 aromatic carbocycles. The third-order valence-corrected chi connectivity index (χ3v) is 3.05. The molecule has 15 heavy (non-hydrogen) atoms. The molecule has 3 unspecified atom stereocenters. The van der Waals surface area contributed by atoms with E-state index in [0.717, 1.165) is 32.2 Å². The van der Waals surface area contributed by atoms with Gasteiger partial charge in [-0.25, -0.2) is 0 Å². The highest BCUT2D eigenvalue weighted by Gasteiger charge is 2.23. The van der Waals surface area contributed by atoms with Crippen LogP contribution < -0.4 is 11.1 Å². The molecule has 0 aromatic heterocycles. The highest BCUT2D eigenvalue weighted by atomic mass is 16.4. The zero-order valence-corrected chi connectivity index (χ0v) is 9.19. The minimum atomic E-state index is -0.138. The Morgan fingerprint density at radius 2 is 2.33 bits per heavy atom. The smallest absolute Gasteiger partial charge is 0.156 e. The molecule has 0 saturated heterocycles. The van der Waals surface area contributed by atoms with Crippen molar-refractivity contribution in [2.75, 3.05) is 6.54 Å². The lowest BCUT2D eigenvalue weighted by Crippen LogP contribution is -2.42. The molecule has 0 aliphatic heterocycles. The Balaban J connectivity index is 2.28. The number of nitrogens with two attached hydrogens (primary N) is 1. The van der Waals surface area contributed by atoms with Crippen LogP contribution >= 0.6 is 0 Å². The minimum Gasteiger partial charge on any atom is -0.409 e. The standard InChI is InChI=1S/C10H21N3O2/c1-2-9(10(11)13-15)12-6-7-3-4-8(14)5-7/h7-9,12,14-15H,2-6H2,1H3,(H2,11,13). The number of amidine groups is 1. The molecule has 1 fully saturated rings. The predicted octanol–water partition coefficient (Wildman–Crippen LogP) is 0.262. The van der Waals surface area contributed by atoms with E-state index >= 15 is 0 Å². The maximum Gasteiger partial charge on any atom is 0.156 e. The lowest BCUT2D eigenvalue weighted by molar-refractivity contribution is 0.177. The van der Waals surface area contributed by atoms with Crippen molar-refractivity contribution in [3.05, 3.63) is 0 Å². The van der Waals surface area contributed by atoms with Crippen LogP contribution in [0.4, 0.5) is 0 Å². The van der Waals surface area contributed by atoms with Gasteiger partial charge in [0.1, 0.15) is 0 Å². The van der Waals surface area contributed by atoms with Crippen LogP contribution in [0, 0.1) is 5.92 Å². The Hall–Kier alpha value is -0.810. The van der Waals surface area contributed by atoms with E-state index in [4.69, 9.17) is 10.9 Å². The first-order valence-electron chi connectivity index (χ1n) is 5.56. The third-order valence-electron chi connectivity index (χ3n) is 3.05. The summed E-state index contributed by atoms with van der Waals surface area (Å²) in [4.78, 5) is 0. The quantitative estimate of drug-likeness (QED) is 0.229. The zero-order chi connectivity index (χ0) is 11.3. The summed E-state index contributed by atoms with van der Waals surface area (Å²) < 4.78 is 0. The van der Waals surface area contributed by atoms with E-state index in [1.807, 2.05) is 6.92 Å². The number of hydrogen-bond acceptors (Lipinski definition) is 4. The van der Waals surface area contributed by atoms with Crippen molar-refractivity contribution in [2.45, 2.75) is 44.8 Å². The van der Waals surface area contributed by atoms with Crippen LogP contribution in [0.5, 0.6) is 0 Å². The number of rotatable bonds is 5. The Morgan fingerprint density at radius 1 is 1.60 bits per heavy atom. The second-order valence-corrected chi connectivity index (χ2v) is 4.23. The molecule has 5 heteroatoms. The molecule has 5 N–H and O–H groups in total. The molecule has 0 bridgehead atoms. The average molecular weight is 215 g/mol. The number of aliphatic hydroxyl groups is 1. The molecule has 1 aliphatic carbocycles. The predicted molar refractivity (Wildman–Crippen MR) is 58.8 cm³/mol. The van der Waals surface area contributed by atoms with Gasteiger partial charge >= 0.3 is 0 Å². The van der Waals surface area contributed by atoms with Crippen LogP contribution in [0.15, 0.2) is 5.16 Å². The molecule has 5 nitrogen and oxygen atoms in total. The van der Waals surface area contributed by atoms with Crippen LogP contribution in [0.3, 0.4) is 0 Å². The Morgan fingerprint density at radius 3 is 2.80 bits per heavy atom. The van der Waals surface area contributed by atoms with Crippen molar-refractivity contribution >= 4 is 5.84 Å². The van der Waals surface area contributed by atoms with E-state index in [-0.39, 0.29) is 18.0 Å². The second-order valence-electron chi connectivity index (χ2n) is 4.23. The van der Waals surface area contributed by atoms with Gasteiger partial charge in [0, 0.05) is 0 Å². The van der Waals surface area contributed by atoms with E-state index in [1.54, 1.807) is 0 Å². The van der Waals surface area contributed by atoms with Gasteiger partial charge in [0.05, 0.1) is 12.1 Å². The Labute approximate surface area is 90.3 Å². The monoisotopic (exact) mass is 215 g/mol. The van der Waals surface area contributed by atoms with Crippen LogP contribution in [0.25, 0.3) is 0 Å². The highest BCUT2D eigenvalue weighted by molar-refractivity contribution is 5.85. The van der Waals surface area contributed by atoms with Crippen molar-refractivity contribution in [1.29, 1.82) is 0 Å². The number of oxime groups is 1. The summed E-state index contributed by atoms with van der Waals surface area (Å²) in [6.07, 6.45) is 3.47. The van der Waals surface area contributed by atoms with Gasteiger partial charge in [0.15, 0.2) is 5.84 Å². The first-order valence-corrected chi connectivity index (χ1v) is 5.56. The molecule has 0 heterocycles. The summed E-state index contributed by atoms with van der Waals surface area (Å²) in [5.74, 6) is 0.747. The first kappa shape index (κ1) is 12.3. The maximum atomic E-state index is 9.36. The molecule has 0 radical (unpaired) electrons. The van der Waals surface area contributed by atoms with Crippen LogP contribution in [-0.4, -0.2) is 34.8 Å². The fourth-order valence-corrected chi connectivity index (χ4v) is 2.07. The molecule has 0 amide bonds. The van der Waals surface area contributed by atoms with E-state index in [1.165, 1.54) is 0 Å². The minimum absolute atomic E-state index is 0.0623. The fourth-order valence-electron chi connectivity index (χ4n) is 2.07. The molecular formula is C10H21N3O2. The molecule has 0 aromatic rings. The molecule has 1 saturated carbocycles. The largest absolute Gasteiger partial charge is 0.409 e. The second kappa shape index (κ2) is 5.92. The molecule has 0 spiro atoms. The van der Waals surface area contributed by atoms with Crippen molar-refractivity contribution in [1.82, 2.24) is 5.32 Å². The summed E-state index contributed by atoms with van der Waals surface area (Å²) in [6.45, 7) is 2.81. The van der Waals surface area contributed by atoms with Gasteiger partial charge in [-0.1, -0.05) is 12.1 Å². The summed E-state index contributed by atoms with van der Waals surface area (Å²) in [7, 11) is 0. The van der Waals surface area contributed by atoms with Crippen molar-refractivity contribution < 1.29 is 10.3 Å². The fraction of sp³-hybridized carbons (Fsp3) is 0.900. The molecule has 1 aliphatic rings. The molecular weight excluding hydrogens is 194 g/mol. The van der Waals surface area contributed by atoms with Crippen molar-refractivity contribution in [2.24, 2.45) is 16.8 Å². The summed E-state index contributed by atoms with van der Waals surface area (Å²) >= 11 is 0. The third kappa shape index (κ3) is 3.68. The lowest BCUT2D eigenvalue weighted by Gasteiger charge is -2.18. The van der Waals surface area contributed by atoms with Crippen LogP contribution in [-0.2, 0) is 0 Å². The van der Waals surface area contributed by atoms with Crippen molar-refractivity contribution in [3.8, 4) is 0 Å². The van der Waals surface area contributed by atoms with Gasteiger partial charge in [-0.2, -0.15) is 0 Å². The number of nitrogens with zero attached hydrogens (tertiary/aromatic N) is 1. The molecule has 1 rings (SSSR count). The topological polar surface area (TPSA) is 90.9 Å². The van der Waals surface area contributed by atoms with Gasteiger partial charge < -0.3 is 21.4 Å². The van der Waals surface area contributed by atoms with E-state index in [0.29, 0.717) is 5.92 Å². The number of hydrogen-bond donors (Lipinski definition) is 4. The average Bonchev–Trinajstić information content (AvgIpc) is 2.64. The van der Waals surface area contributed by atoms with Gasteiger partial charge in [0.2, 0.25) is 0 Å². The van der Waals surface area contributed by atoms with Gasteiger partial charge in [-0.15, -0.1) is 0 Å². The van der Waals surface area contributed by atoms with Crippen LogP contribution in [0.2, 0.25) is 0 Å². The van der Waals surface area contributed by atoms with E-state index < -0.39 is 0 Å². The normalized spacial score (nSPS) is 29.3.